The predicted molar refractivity (Wildman–Crippen MR) is 70.1 cm³/mol. The zero-order chi connectivity index (χ0) is 14.3. The van der Waals surface area contributed by atoms with Gasteiger partial charge in [0.1, 0.15) is 0 Å². The van der Waals surface area contributed by atoms with E-state index < -0.39 is 17.8 Å². The maximum Gasteiger partial charge on any atom is 0.324 e. The molecule has 1 aromatic carbocycles. The van der Waals surface area contributed by atoms with Crippen molar-refractivity contribution >= 4 is 11.7 Å². The number of hydrogen-bond donors (Lipinski definition) is 1. The molecule has 1 N–H and O–H groups in total. The molecule has 0 bridgehead atoms. The van der Waals surface area contributed by atoms with Crippen LogP contribution < -0.4 is 5.32 Å². The highest BCUT2D eigenvalue weighted by molar-refractivity contribution is 5.77. The van der Waals surface area contributed by atoms with E-state index in [1.165, 1.54) is 7.11 Å². The second-order valence-corrected chi connectivity index (χ2v) is 3.89. The summed E-state index contributed by atoms with van der Waals surface area (Å²) in [4.78, 5) is 11.5. The minimum absolute atomic E-state index is 0.626. The second kappa shape index (κ2) is 7.03. The van der Waals surface area contributed by atoms with Crippen LogP contribution in [0.25, 0.3) is 0 Å². The van der Waals surface area contributed by atoms with Crippen molar-refractivity contribution in [1.29, 1.82) is 10.5 Å². The molecule has 2 atom stereocenters. The fraction of sp³-hybridized carbons (Fsp3) is 0.357. The summed E-state index contributed by atoms with van der Waals surface area (Å²) >= 11 is 0. The van der Waals surface area contributed by atoms with Gasteiger partial charge in [-0.1, -0.05) is 12.1 Å². The molecule has 19 heavy (non-hydrogen) atoms. The average molecular weight is 257 g/mol. The molecule has 0 amide bonds. The number of nitrogens with one attached hydrogen (secondary N) is 1. The summed E-state index contributed by atoms with van der Waals surface area (Å²) in [6.07, 6.45) is 0. The highest BCUT2D eigenvalue weighted by Gasteiger charge is 2.30. The first-order valence-electron chi connectivity index (χ1n) is 5.88. The topological polar surface area (TPSA) is 85.9 Å². The van der Waals surface area contributed by atoms with Crippen LogP contribution in [0.5, 0.6) is 0 Å². The number of anilines is 1. The van der Waals surface area contributed by atoms with Crippen molar-refractivity contribution in [3.63, 3.8) is 0 Å². The summed E-state index contributed by atoms with van der Waals surface area (Å²) in [7, 11) is 1.20. The van der Waals surface area contributed by atoms with Crippen LogP contribution in [-0.4, -0.2) is 19.6 Å². The quantitative estimate of drug-likeness (QED) is 0.816. The average Bonchev–Trinajstić information content (AvgIpc) is 2.45. The summed E-state index contributed by atoms with van der Waals surface area (Å²) in [5.74, 6) is -2.63. The number of carbonyl (C=O) groups is 1. The lowest BCUT2D eigenvalue weighted by atomic mass is 9.88. The van der Waals surface area contributed by atoms with Crippen LogP contribution in [0.2, 0.25) is 0 Å². The van der Waals surface area contributed by atoms with E-state index in [2.05, 4.69) is 10.1 Å². The Kier molecular flexibility index (Phi) is 5.37. The van der Waals surface area contributed by atoms with Crippen LogP contribution in [-0.2, 0) is 9.53 Å². The van der Waals surface area contributed by atoms with Gasteiger partial charge in [0, 0.05) is 12.2 Å². The van der Waals surface area contributed by atoms with Crippen LogP contribution in [0.4, 0.5) is 5.69 Å². The van der Waals surface area contributed by atoms with Crippen LogP contribution >= 0.6 is 0 Å². The van der Waals surface area contributed by atoms with E-state index in [1.54, 1.807) is 12.1 Å². The van der Waals surface area contributed by atoms with E-state index in [0.717, 1.165) is 12.2 Å². The molecule has 0 heterocycles. The van der Waals surface area contributed by atoms with E-state index in [4.69, 9.17) is 5.26 Å². The third kappa shape index (κ3) is 3.46. The highest BCUT2D eigenvalue weighted by atomic mass is 16.5. The van der Waals surface area contributed by atoms with Crippen molar-refractivity contribution in [3.8, 4) is 12.1 Å². The molecule has 0 fully saturated rings. The Morgan fingerprint density at radius 2 is 1.95 bits per heavy atom. The minimum atomic E-state index is -1.11. The van der Waals surface area contributed by atoms with E-state index in [9.17, 15) is 10.1 Å². The fourth-order valence-electron chi connectivity index (χ4n) is 1.74. The molecule has 2 unspecified atom stereocenters. The Hall–Kier alpha value is -2.53. The van der Waals surface area contributed by atoms with Crippen LogP contribution in [0, 0.1) is 28.6 Å². The van der Waals surface area contributed by atoms with Gasteiger partial charge in [-0.3, -0.25) is 4.79 Å². The molecule has 5 nitrogen and oxygen atoms in total. The van der Waals surface area contributed by atoms with Crippen molar-refractivity contribution in [2.45, 2.75) is 12.8 Å². The van der Waals surface area contributed by atoms with Gasteiger partial charge < -0.3 is 10.1 Å². The van der Waals surface area contributed by atoms with Gasteiger partial charge in [0.25, 0.3) is 0 Å². The SMILES string of the molecule is CCNc1ccc(C(C#N)C(C#N)C(=O)OC)cc1. The molecule has 0 aromatic heterocycles. The molecule has 1 aromatic rings. The van der Waals surface area contributed by atoms with Gasteiger partial charge in [0.2, 0.25) is 0 Å². The lowest BCUT2D eigenvalue weighted by Crippen LogP contribution is -2.21. The van der Waals surface area contributed by atoms with Crippen molar-refractivity contribution < 1.29 is 9.53 Å². The molecular weight excluding hydrogens is 242 g/mol. The largest absolute Gasteiger partial charge is 0.468 e. The van der Waals surface area contributed by atoms with Gasteiger partial charge in [-0.2, -0.15) is 10.5 Å². The maximum atomic E-state index is 11.5. The smallest absolute Gasteiger partial charge is 0.324 e. The molecule has 0 spiro atoms. The first-order valence-corrected chi connectivity index (χ1v) is 5.88. The molecule has 0 radical (unpaired) electrons. The third-order valence-electron chi connectivity index (χ3n) is 2.72. The van der Waals surface area contributed by atoms with Gasteiger partial charge in [0.15, 0.2) is 5.92 Å². The van der Waals surface area contributed by atoms with Crippen molar-refractivity contribution in [2.75, 3.05) is 19.0 Å². The Balaban J connectivity index is 3.00. The number of hydrogen-bond acceptors (Lipinski definition) is 5. The lowest BCUT2D eigenvalue weighted by molar-refractivity contribution is -0.143. The van der Waals surface area contributed by atoms with Gasteiger partial charge in [0.05, 0.1) is 25.2 Å². The Morgan fingerprint density at radius 1 is 1.32 bits per heavy atom. The first kappa shape index (κ1) is 14.5. The van der Waals surface area contributed by atoms with E-state index in [-0.39, 0.29) is 0 Å². The zero-order valence-electron chi connectivity index (χ0n) is 10.9. The number of rotatable bonds is 5. The number of ether oxygens (including phenoxy) is 1. The molecule has 0 aliphatic heterocycles. The lowest BCUT2D eigenvalue weighted by Gasteiger charge is -2.14. The fourth-order valence-corrected chi connectivity index (χ4v) is 1.74. The van der Waals surface area contributed by atoms with Crippen LogP contribution in [0.3, 0.4) is 0 Å². The number of methoxy groups -OCH3 is 1. The Bertz CT molecular complexity index is 511. The van der Waals surface area contributed by atoms with Crippen LogP contribution in [0.1, 0.15) is 18.4 Å². The number of benzene rings is 1. The number of carbonyl (C=O) groups excluding carboxylic acids is 1. The van der Waals surface area contributed by atoms with Gasteiger partial charge in [-0.05, 0) is 24.6 Å². The molecule has 0 saturated heterocycles. The molecule has 0 aliphatic carbocycles. The summed E-state index contributed by atoms with van der Waals surface area (Å²) < 4.78 is 4.54. The first-order chi connectivity index (χ1) is 9.17. The number of esters is 1. The van der Waals surface area contributed by atoms with Gasteiger partial charge >= 0.3 is 5.97 Å². The predicted octanol–water partition coefficient (Wildman–Crippen LogP) is 2.04. The Labute approximate surface area is 112 Å². The van der Waals surface area contributed by atoms with Crippen molar-refractivity contribution in [3.05, 3.63) is 29.8 Å². The van der Waals surface area contributed by atoms with Gasteiger partial charge in [-0.15, -0.1) is 0 Å². The number of nitriles is 2. The number of nitrogens with zero attached hydrogens (tertiary/aromatic N) is 2. The minimum Gasteiger partial charge on any atom is -0.468 e. The Morgan fingerprint density at radius 3 is 2.37 bits per heavy atom. The van der Waals surface area contributed by atoms with E-state index in [0.29, 0.717) is 5.56 Å². The van der Waals surface area contributed by atoms with Gasteiger partial charge in [-0.25, -0.2) is 0 Å². The van der Waals surface area contributed by atoms with E-state index >= 15 is 0 Å². The monoisotopic (exact) mass is 257 g/mol. The summed E-state index contributed by atoms with van der Waals surface area (Å²) in [5.41, 5.74) is 1.55. The summed E-state index contributed by atoms with van der Waals surface area (Å²) in [5, 5.41) is 21.3. The van der Waals surface area contributed by atoms with Crippen molar-refractivity contribution in [2.24, 2.45) is 5.92 Å². The highest BCUT2D eigenvalue weighted by Crippen LogP contribution is 2.26. The summed E-state index contributed by atoms with van der Waals surface area (Å²) in [6.45, 7) is 2.78. The zero-order valence-corrected chi connectivity index (χ0v) is 10.9. The molecule has 0 saturated carbocycles. The summed E-state index contributed by atoms with van der Waals surface area (Å²) in [6, 6.07) is 10.9. The molecule has 5 heteroatoms. The normalized spacial score (nSPS) is 12.6. The maximum absolute atomic E-state index is 11.5. The van der Waals surface area contributed by atoms with Crippen LogP contribution in [0.15, 0.2) is 24.3 Å². The molecule has 1 rings (SSSR count). The molecule has 98 valence electrons. The molecule has 0 aliphatic rings. The van der Waals surface area contributed by atoms with E-state index in [1.807, 2.05) is 31.2 Å². The van der Waals surface area contributed by atoms with Crippen molar-refractivity contribution in [1.82, 2.24) is 0 Å². The third-order valence-corrected chi connectivity index (χ3v) is 2.72. The molecular formula is C14H15N3O2. The second-order valence-electron chi connectivity index (χ2n) is 3.89. The standard InChI is InChI=1S/C14H15N3O2/c1-3-17-11-6-4-10(5-7-11)12(8-15)13(9-16)14(18)19-2/h4-7,12-13,17H,3H2,1-2H3.